The molecule has 1 aromatic heterocycles. The Morgan fingerprint density at radius 2 is 1.85 bits per heavy atom. The molecular formula is C21H24N2O2S. The summed E-state index contributed by atoms with van der Waals surface area (Å²) in [7, 11) is 0. The number of aryl methyl sites for hydroxylation is 1. The van der Waals surface area contributed by atoms with Crippen molar-refractivity contribution < 1.29 is 9.84 Å². The Labute approximate surface area is 158 Å². The van der Waals surface area contributed by atoms with Crippen molar-refractivity contribution in [2.75, 3.05) is 11.9 Å². The number of hydrogen-bond donors (Lipinski definition) is 2. The van der Waals surface area contributed by atoms with E-state index in [0.29, 0.717) is 18.9 Å². The summed E-state index contributed by atoms with van der Waals surface area (Å²) < 4.78 is 5.52. The summed E-state index contributed by atoms with van der Waals surface area (Å²) in [5, 5.41) is 14.1. The second-order valence-corrected chi connectivity index (χ2v) is 7.06. The molecule has 0 saturated heterocycles. The van der Waals surface area contributed by atoms with Gasteiger partial charge in [0.2, 0.25) is 0 Å². The van der Waals surface area contributed by atoms with Gasteiger partial charge in [-0.05, 0) is 43.7 Å². The zero-order valence-electron chi connectivity index (χ0n) is 15.2. The molecular weight excluding hydrogens is 344 g/mol. The third kappa shape index (κ3) is 4.35. The lowest BCUT2D eigenvalue weighted by atomic mass is 10.1. The van der Waals surface area contributed by atoms with Crippen molar-refractivity contribution in [1.82, 2.24) is 4.98 Å². The molecule has 3 rings (SSSR count). The van der Waals surface area contributed by atoms with Crippen molar-refractivity contribution in [3.63, 3.8) is 0 Å². The topological polar surface area (TPSA) is 54.4 Å². The van der Waals surface area contributed by atoms with Crippen LogP contribution in [0.5, 0.6) is 11.5 Å². The van der Waals surface area contributed by atoms with Crippen LogP contribution < -0.4 is 10.1 Å². The smallest absolute Gasteiger partial charge is 0.183 e. The van der Waals surface area contributed by atoms with E-state index in [1.54, 1.807) is 17.4 Å². The van der Waals surface area contributed by atoms with Gasteiger partial charge in [0.15, 0.2) is 5.13 Å². The quantitative estimate of drug-likeness (QED) is 0.553. The molecule has 0 bridgehead atoms. The molecule has 1 heterocycles. The number of aromatic hydroxyl groups is 1. The Morgan fingerprint density at radius 1 is 1.08 bits per heavy atom. The molecule has 0 aliphatic heterocycles. The van der Waals surface area contributed by atoms with Crippen molar-refractivity contribution in [1.29, 1.82) is 0 Å². The van der Waals surface area contributed by atoms with Gasteiger partial charge >= 0.3 is 0 Å². The second-order valence-electron chi connectivity index (χ2n) is 5.98. The number of ether oxygens (including phenoxy) is 1. The van der Waals surface area contributed by atoms with Crippen LogP contribution in [0.15, 0.2) is 48.5 Å². The van der Waals surface area contributed by atoms with Gasteiger partial charge in [-0.25, -0.2) is 4.98 Å². The maximum Gasteiger partial charge on any atom is 0.183 e. The summed E-state index contributed by atoms with van der Waals surface area (Å²) in [6.45, 7) is 5.37. The molecule has 0 fully saturated rings. The summed E-state index contributed by atoms with van der Waals surface area (Å²) in [5.74, 6) is 1.18. The Morgan fingerprint density at radius 3 is 2.54 bits per heavy atom. The summed E-state index contributed by atoms with van der Waals surface area (Å²) in [5.41, 5.74) is 2.99. The third-order valence-corrected chi connectivity index (χ3v) is 5.11. The number of rotatable bonds is 8. The Balaban J connectivity index is 1.80. The van der Waals surface area contributed by atoms with Gasteiger partial charge in [0.05, 0.1) is 12.3 Å². The number of phenolic OH excluding ortho intramolecular Hbond substituents is 1. The summed E-state index contributed by atoms with van der Waals surface area (Å²) in [6, 6.07) is 15.5. The Hall–Kier alpha value is -2.53. The molecule has 0 spiro atoms. The number of nitrogens with zero attached hydrogens (tertiary/aromatic N) is 1. The van der Waals surface area contributed by atoms with Crippen LogP contribution in [0, 0.1) is 0 Å². The fourth-order valence-corrected chi connectivity index (χ4v) is 3.84. The lowest BCUT2D eigenvalue weighted by Gasteiger charge is -2.05. The summed E-state index contributed by atoms with van der Waals surface area (Å²) in [4.78, 5) is 6.08. The molecule has 26 heavy (non-hydrogen) atoms. The molecule has 0 radical (unpaired) electrons. The highest BCUT2D eigenvalue weighted by Crippen LogP contribution is 2.33. The number of para-hydroxylation sites is 1. The monoisotopic (exact) mass is 368 g/mol. The van der Waals surface area contributed by atoms with Crippen molar-refractivity contribution >= 4 is 16.5 Å². The van der Waals surface area contributed by atoms with Crippen LogP contribution >= 0.6 is 11.3 Å². The van der Waals surface area contributed by atoms with Crippen LogP contribution in [0.2, 0.25) is 0 Å². The molecule has 5 heteroatoms. The van der Waals surface area contributed by atoms with E-state index in [9.17, 15) is 5.11 Å². The molecule has 3 aromatic rings. The molecule has 4 nitrogen and oxygen atoms in total. The first kappa shape index (κ1) is 18.3. The Bertz CT molecular complexity index is 843. The van der Waals surface area contributed by atoms with E-state index in [-0.39, 0.29) is 0 Å². The van der Waals surface area contributed by atoms with E-state index in [2.05, 4.69) is 24.4 Å². The predicted octanol–water partition coefficient (Wildman–Crippen LogP) is 5.48. The van der Waals surface area contributed by atoms with E-state index >= 15 is 0 Å². The van der Waals surface area contributed by atoms with Crippen LogP contribution in [0.1, 0.15) is 30.7 Å². The maximum atomic E-state index is 9.91. The molecule has 0 saturated carbocycles. The average molecular weight is 369 g/mol. The molecule has 0 atom stereocenters. The number of phenols is 1. The lowest BCUT2D eigenvalue weighted by molar-refractivity contribution is 0.340. The first-order valence-electron chi connectivity index (χ1n) is 8.95. The number of benzene rings is 2. The van der Waals surface area contributed by atoms with Gasteiger partial charge in [-0.1, -0.05) is 31.5 Å². The first-order valence-corrected chi connectivity index (χ1v) is 9.76. The zero-order chi connectivity index (χ0) is 18.4. The minimum Gasteiger partial charge on any atom is -0.508 e. The number of hydrogen-bond acceptors (Lipinski definition) is 5. The minimum absolute atomic E-state index is 0.303. The van der Waals surface area contributed by atoms with Gasteiger partial charge in [-0.2, -0.15) is 0 Å². The third-order valence-electron chi connectivity index (χ3n) is 4.03. The van der Waals surface area contributed by atoms with Gasteiger partial charge < -0.3 is 15.2 Å². The van der Waals surface area contributed by atoms with Crippen molar-refractivity contribution in [2.24, 2.45) is 0 Å². The molecule has 2 aromatic carbocycles. The molecule has 0 amide bonds. The van der Waals surface area contributed by atoms with Crippen LogP contribution in [0.25, 0.3) is 11.3 Å². The highest BCUT2D eigenvalue weighted by molar-refractivity contribution is 7.16. The maximum absolute atomic E-state index is 9.91. The van der Waals surface area contributed by atoms with E-state index in [4.69, 9.17) is 9.72 Å². The largest absolute Gasteiger partial charge is 0.508 e. The minimum atomic E-state index is 0.303. The van der Waals surface area contributed by atoms with Crippen molar-refractivity contribution in [3.05, 3.63) is 59.0 Å². The second kappa shape index (κ2) is 8.72. The molecule has 0 unspecified atom stereocenters. The van der Waals surface area contributed by atoms with Crippen molar-refractivity contribution in [2.45, 2.75) is 33.2 Å². The van der Waals surface area contributed by atoms with Crippen molar-refractivity contribution in [3.8, 4) is 22.8 Å². The van der Waals surface area contributed by atoms with Gasteiger partial charge in [0.25, 0.3) is 0 Å². The van der Waals surface area contributed by atoms with Gasteiger partial charge in [-0.3, -0.25) is 0 Å². The first-order chi connectivity index (χ1) is 12.7. The van der Waals surface area contributed by atoms with Gasteiger partial charge in [-0.15, -0.1) is 11.3 Å². The molecule has 136 valence electrons. The average Bonchev–Trinajstić information content (AvgIpc) is 3.05. The Kier molecular flexibility index (Phi) is 6.12. The fraction of sp³-hybridized carbons (Fsp3) is 0.286. The zero-order valence-corrected chi connectivity index (χ0v) is 16.0. The lowest BCUT2D eigenvalue weighted by Crippen LogP contribution is -1.99. The van der Waals surface area contributed by atoms with E-state index in [1.165, 1.54) is 4.88 Å². The molecule has 0 aliphatic rings. The molecule has 0 aliphatic carbocycles. The van der Waals surface area contributed by atoms with E-state index in [1.807, 2.05) is 37.3 Å². The van der Waals surface area contributed by atoms with Crippen LogP contribution in [-0.2, 0) is 13.0 Å². The number of nitrogens with one attached hydrogen (secondary N) is 1. The highest BCUT2D eigenvalue weighted by Gasteiger charge is 2.13. The fourth-order valence-electron chi connectivity index (χ4n) is 2.76. The standard InChI is InChI=1S/C21H24N2O2S/c1-3-7-19-20(15-10-12-17(13-11-15)25-4-2)23-21(26-19)22-14-16-8-5-6-9-18(16)24/h5-6,8-13,24H,3-4,7,14H2,1-2H3,(H,22,23). The number of thiazole rings is 1. The van der Waals surface area contributed by atoms with E-state index in [0.717, 1.165) is 40.5 Å². The highest BCUT2D eigenvalue weighted by atomic mass is 32.1. The normalized spacial score (nSPS) is 10.7. The van der Waals surface area contributed by atoms with Crippen LogP contribution in [0.3, 0.4) is 0 Å². The van der Waals surface area contributed by atoms with Gasteiger partial charge in [0, 0.05) is 22.5 Å². The number of aromatic nitrogens is 1. The van der Waals surface area contributed by atoms with Gasteiger partial charge in [0.1, 0.15) is 11.5 Å². The van der Waals surface area contributed by atoms with Crippen LogP contribution in [0.4, 0.5) is 5.13 Å². The van der Waals surface area contributed by atoms with E-state index < -0.39 is 0 Å². The molecule has 2 N–H and O–H groups in total. The predicted molar refractivity (Wildman–Crippen MR) is 108 cm³/mol. The summed E-state index contributed by atoms with van der Waals surface area (Å²) in [6.07, 6.45) is 2.07. The van der Waals surface area contributed by atoms with Crippen LogP contribution in [-0.4, -0.2) is 16.7 Å². The summed E-state index contributed by atoms with van der Waals surface area (Å²) >= 11 is 1.68. The SMILES string of the molecule is CCCc1sc(NCc2ccccc2O)nc1-c1ccc(OCC)cc1. The number of anilines is 1.